The molecule has 4 fully saturated rings. The molecule has 5 rings (SSSR count). The zero-order chi connectivity index (χ0) is 21.7. The molecule has 0 aromatic rings. The van der Waals surface area contributed by atoms with Gasteiger partial charge < -0.3 is 5.11 Å². The molecule has 0 heterocycles. The van der Waals surface area contributed by atoms with Gasteiger partial charge in [-0.2, -0.15) is 0 Å². The van der Waals surface area contributed by atoms with E-state index in [-0.39, 0.29) is 11.5 Å². The first-order valence-electron chi connectivity index (χ1n) is 13.3. The summed E-state index contributed by atoms with van der Waals surface area (Å²) in [4.78, 5) is 0. The monoisotopic (exact) mass is 412 g/mol. The summed E-state index contributed by atoms with van der Waals surface area (Å²) in [6.07, 6.45) is 16.0. The van der Waals surface area contributed by atoms with E-state index in [0.29, 0.717) is 27.6 Å². The zero-order valence-corrected chi connectivity index (χ0v) is 21.0. The number of hydrogen-bond donors (Lipinski definition) is 1. The summed E-state index contributed by atoms with van der Waals surface area (Å²) in [6.45, 7) is 17.9. The standard InChI is InChI=1S/C29H48O/c1-19-10-13-26(4)16-17-28(6)20(21(26)18-19)8-9-23-27(5)14-12-24(30)25(2,3)22(27)11-15-29(23,28)7/h8,19,21-24,30H,9-18H2,1-7H3/t19-,21-,22?,23?,24-,26+,27-,28-,29+/m0/s1. The second kappa shape index (κ2) is 6.39. The lowest BCUT2D eigenvalue weighted by molar-refractivity contribution is -0.202. The lowest BCUT2D eigenvalue weighted by Gasteiger charge is -2.71. The van der Waals surface area contributed by atoms with Gasteiger partial charge in [0.1, 0.15) is 0 Å². The molecule has 0 radical (unpaired) electrons. The van der Waals surface area contributed by atoms with Gasteiger partial charge in [-0.3, -0.25) is 0 Å². The van der Waals surface area contributed by atoms with Crippen molar-refractivity contribution in [1.29, 1.82) is 0 Å². The van der Waals surface area contributed by atoms with Crippen molar-refractivity contribution in [2.24, 2.45) is 50.7 Å². The van der Waals surface area contributed by atoms with E-state index in [1.165, 1.54) is 57.8 Å². The predicted octanol–water partition coefficient (Wildman–Crippen LogP) is 7.78. The van der Waals surface area contributed by atoms with Crippen LogP contribution < -0.4 is 0 Å². The van der Waals surface area contributed by atoms with Crippen LogP contribution in [0.15, 0.2) is 11.6 Å². The van der Waals surface area contributed by atoms with E-state index in [9.17, 15) is 5.11 Å². The fraction of sp³-hybridized carbons (Fsp3) is 0.931. The molecule has 0 aromatic carbocycles. The van der Waals surface area contributed by atoms with E-state index in [1.807, 2.05) is 5.57 Å². The Morgan fingerprint density at radius 1 is 0.833 bits per heavy atom. The Kier molecular flexibility index (Phi) is 4.59. The average molecular weight is 413 g/mol. The smallest absolute Gasteiger partial charge is 0.0594 e. The second-order valence-electron chi connectivity index (χ2n) is 14.3. The van der Waals surface area contributed by atoms with Crippen molar-refractivity contribution in [2.45, 2.75) is 119 Å². The van der Waals surface area contributed by atoms with E-state index in [0.717, 1.165) is 24.2 Å². The third-order valence-corrected chi connectivity index (χ3v) is 12.8. The van der Waals surface area contributed by atoms with Crippen LogP contribution in [0.25, 0.3) is 0 Å². The summed E-state index contributed by atoms with van der Waals surface area (Å²) in [5.74, 6) is 3.15. The van der Waals surface area contributed by atoms with Gasteiger partial charge >= 0.3 is 0 Å². The van der Waals surface area contributed by atoms with Crippen LogP contribution >= 0.6 is 0 Å². The molecule has 1 heteroatoms. The molecule has 170 valence electrons. The maximum absolute atomic E-state index is 10.9. The predicted molar refractivity (Wildman–Crippen MR) is 126 cm³/mol. The zero-order valence-electron chi connectivity index (χ0n) is 21.0. The highest BCUT2D eigenvalue weighted by Crippen LogP contribution is 2.75. The molecule has 30 heavy (non-hydrogen) atoms. The number of fused-ring (bicyclic) bond motifs is 7. The third-order valence-electron chi connectivity index (χ3n) is 12.8. The van der Waals surface area contributed by atoms with Crippen molar-refractivity contribution in [3.63, 3.8) is 0 Å². The first-order valence-corrected chi connectivity index (χ1v) is 13.3. The molecule has 4 saturated carbocycles. The summed E-state index contributed by atoms with van der Waals surface area (Å²) in [7, 11) is 0. The number of aliphatic hydroxyl groups is 1. The van der Waals surface area contributed by atoms with E-state index in [1.54, 1.807) is 0 Å². The van der Waals surface area contributed by atoms with Crippen molar-refractivity contribution in [2.75, 3.05) is 0 Å². The van der Waals surface area contributed by atoms with Crippen molar-refractivity contribution in [3.8, 4) is 0 Å². The lowest BCUT2D eigenvalue weighted by Crippen LogP contribution is -2.64. The Morgan fingerprint density at radius 3 is 2.30 bits per heavy atom. The molecule has 2 unspecified atom stereocenters. The Morgan fingerprint density at radius 2 is 1.57 bits per heavy atom. The maximum Gasteiger partial charge on any atom is 0.0594 e. The Bertz CT molecular complexity index is 749. The molecule has 0 aliphatic heterocycles. The molecule has 0 aromatic heterocycles. The minimum absolute atomic E-state index is 0.0587. The van der Waals surface area contributed by atoms with Crippen molar-refractivity contribution < 1.29 is 5.11 Å². The lowest BCUT2D eigenvalue weighted by atomic mass is 9.34. The summed E-state index contributed by atoms with van der Waals surface area (Å²) in [5.41, 5.74) is 3.68. The van der Waals surface area contributed by atoms with Crippen LogP contribution in [0.2, 0.25) is 0 Å². The van der Waals surface area contributed by atoms with Gasteiger partial charge in [-0.05, 0) is 109 Å². The average Bonchev–Trinajstić information content (AvgIpc) is 2.67. The van der Waals surface area contributed by atoms with E-state index < -0.39 is 0 Å². The van der Waals surface area contributed by atoms with Gasteiger partial charge in [0, 0.05) is 0 Å². The highest BCUT2D eigenvalue weighted by atomic mass is 16.3. The molecular formula is C29H48O. The number of allylic oxidation sites excluding steroid dienone is 2. The van der Waals surface area contributed by atoms with Crippen LogP contribution in [-0.2, 0) is 0 Å². The Balaban J connectivity index is 1.57. The maximum atomic E-state index is 10.9. The van der Waals surface area contributed by atoms with E-state index >= 15 is 0 Å². The van der Waals surface area contributed by atoms with Crippen LogP contribution in [0.5, 0.6) is 0 Å². The molecule has 0 saturated heterocycles. The van der Waals surface area contributed by atoms with E-state index in [4.69, 9.17) is 0 Å². The minimum atomic E-state index is -0.121. The largest absolute Gasteiger partial charge is 0.393 e. The molecule has 5 aliphatic carbocycles. The van der Waals surface area contributed by atoms with Gasteiger partial charge in [-0.15, -0.1) is 0 Å². The fourth-order valence-electron chi connectivity index (χ4n) is 10.4. The van der Waals surface area contributed by atoms with E-state index in [2.05, 4.69) is 54.5 Å². The van der Waals surface area contributed by atoms with Crippen molar-refractivity contribution >= 4 is 0 Å². The van der Waals surface area contributed by atoms with Gasteiger partial charge in [0.05, 0.1) is 6.10 Å². The van der Waals surface area contributed by atoms with Crippen molar-refractivity contribution in [1.82, 2.24) is 0 Å². The van der Waals surface area contributed by atoms with Crippen LogP contribution in [-0.4, -0.2) is 11.2 Å². The Hall–Kier alpha value is -0.300. The van der Waals surface area contributed by atoms with Gasteiger partial charge in [0.15, 0.2) is 0 Å². The third kappa shape index (κ3) is 2.51. The minimum Gasteiger partial charge on any atom is -0.393 e. The number of hydrogen-bond acceptors (Lipinski definition) is 1. The first-order chi connectivity index (χ1) is 13.9. The van der Waals surface area contributed by atoms with Gasteiger partial charge in [0.2, 0.25) is 0 Å². The number of rotatable bonds is 0. The molecule has 1 nitrogen and oxygen atoms in total. The van der Waals surface area contributed by atoms with Crippen LogP contribution in [0.4, 0.5) is 0 Å². The van der Waals surface area contributed by atoms with Crippen LogP contribution in [0.3, 0.4) is 0 Å². The molecule has 0 spiro atoms. The highest BCUT2D eigenvalue weighted by Gasteiger charge is 2.67. The summed E-state index contributed by atoms with van der Waals surface area (Å²) >= 11 is 0. The van der Waals surface area contributed by atoms with Gasteiger partial charge in [-0.1, -0.05) is 66.5 Å². The molecule has 0 bridgehead atoms. The van der Waals surface area contributed by atoms with Crippen LogP contribution in [0, 0.1) is 50.7 Å². The quantitative estimate of drug-likeness (QED) is 0.403. The molecule has 9 atom stereocenters. The summed E-state index contributed by atoms with van der Waals surface area (Å²) in [6, 6.07) is 0. The fourth-order valence-corrected chi connectivity index (χ4v) is 10.4. The first kappa shape index (κ1) is 21.5. The normalized spacial score (nSPS) is 57.3. The summed E-state index contributed by atoms with van der Waals surface area (Å²) in [5, 5.41) is 10.9. The molecule has 5 aliphatic rings. The second-order valence-corrected chi connectivity index (χ2v) is 14.3. The molecule has 1 N–H and O–H groups in total. The topological polar surface area (TPSA) is 20.2 Å². The highest BCUT2D eigenvalue weighted by molar-refractivity contribution is 5.33. The molecule has 0 amide bonds. The SMILES string of the molecule is C[C@H]1CC[C@]2(C)CC[C@@]3(C)C(=CCC4[C@@]5(C)CC[C@H](O)C(C)(C)C5CC[C@]43C)[C@@H]2C1. The molecular weight excluding hydrogens is 364 g/mol. The number of aliphatic hydroxyl groups excluding tert-OH is 1. The van der Waals surface area contributed by atoms with Crippen LogP contribution in [0.1, 0.15) is 113 Å². The van der Waals surface area contributed by atoms with Gasteiger partial charge in [-0.25, -0.2) is 0 Å². The summed E-state index contributed by atoms with van der Waals surface area (Å²) < 4.78 is 0. The van der Waals surface area contributed by atoms with Crippen molar-refractivity contribution in [3.05, 3.63) is 11.6 Å². The Labute approximate surface area is 186 Å². The van der Waals surface area contributed by atoms with Gasteiger partial charge in [0.25, 0.3) is 0 Å².